The van der Waals surface area contributed by atoms with Gasteiger partial charge in [0.1, 0.15) is 5.54 Å². The summed E-state index contributed by atoms with van der Waals surface area (Å²) in [5.41, 5.74) is -0.489. The molecule has 5 heteroatoms. The van der Waals surface area contributed by atoms with Gasteiger partial charge in [-0.05, 0) is 51.6 Å². The minimum Gasteiger partial charge on any atom is -0.468 e. The molecule has 0 aromatic carbocycles. The van der Waals surface area contributed by atoms with Crippen LogP contribution < -0.4 is 5.32 Å². The summed E-state index contributed by atoms with van der Waals surface area (Å²) in [6, 6.07) is 0.483. The Kier molecular flexibility index (Phi) is 5.41. The molecular formula is C15H28N2O3. The van der Waals surface area contributed by atoms with Crippen molar-refractivity contribution >= 4 is 5.97 Å². The van der Waals surface area contributed by atoms with Crippen molar-refractivity contribution in [3.05, 3.63) is 0 Å². The monoisotopic (exact) mass is 284 g/mol. The topological polar surface area (TPSA) is 50.8 Å². The molecule has 0 spiro atoms. The highest BCUT2D eigenvalue weighted by atomic mass is 16.5. The van der Waals surface area contributed by atoms with Crippen molar-refractivity contribution < 1.29 is 14.3 Å². The van der Waals surface area contributed by atoms with Crippen molar-refractivity contribution in [1.29, 1.82) is 0 Å². The summed E-state index contributed by atoms with van der Waals surface area (Å²) >= 11 is 0. The SMILES string of the molecule is CNC1(C(=O)OC)CCCC(N2CCC(COC)C2)C1. The smallest absolute Gasteiger partial charge is 0.326 e. The number of carbonyl (C=O) groups excluding carboxylic acids is 1. The number of carbonyl (C=O) groups is 1. The maximum absolute atomic E-state index is 12.1. The zero-order valence-electron chi connectivity index (χ0n) is 13.0. The molecule has 3 unspecified atom stereocenters. The minimum absolute atomic E-state index is 0.114. The van der Waals surface area contributed by atoms with E-state index in [0.717, 1.165) is 39.0 Å². The summed E-state index contributed by atoms with van der Waals surface area (Å²) in [5, 5.41) is 3.23. The van der Waals surface area contributed by atoms with Gasteiger partial charge >= 0.3 is 5.97 Å². The van der Waals surface area contributed by atoms with E-state index in [4.69, 9.17) is 9.47 Å². The van der Waals surface area contributed by atoms with Gasteiger partial charge in [0.2, 0.25) is 0 Å². The van der Waals surface area contributed by atoms with Crippen molar-refractivity contribution in [3.8, 4) is 0 Å². The molecule has 1 heterocycles. The second-order valence-electron chi connectivity index (χ2n) is 6.18. The first-order valence-electron chi connectivity index (χ1n) is 7.65. The molecule has 0 aromatic rings. The largest absolute Gasteiger partial charge is 0.468 e. The summed E-state index contributed by atoms with van der Waals surface area (Å²) in [6.45, 7) is 3.07. The number of likely N-dealkylation sites (N-methyl/N-ethyl adjacent to an activating group) is 1. The van der Waals surface area contributed by atoms with E-state index in [9.17, 15) is 4.79 Å². The van der Waals surface area contributed by atoms with E-state index >= 15 is 0 Å². The van der Waals surface area contributed by atoms with Gasteiger partial charge < -0.3 is 14.8 Å². The van der Waals surface area contributed by atoms with Gasteiger partial charge in [0.15, 0.2) is 0 Å². The lowest BCUT2D eigenvalue weighted by Crippen LogP contribution is -2.57. The Labute approximate surface area is 122 Å². The highest BCUT2D eigenvalue weighted by Crippen LogP contribution is 2.34. The normalized spacial score (nSPS) is 35.1. The molecule has 0 radical (unpaired) electrons. The highest BCUT2D eigenvalue weighted by molar-refractivity contribution is 5.81. The standard InChI is InChI=1S/C15H28N2O3/c1-16-15(14(18)20-3)7-4-5-13(9-15)17-8-6-12(10-17)11-19-2/h12-13,16H,4-11H2,1-3H3. The second-order valence-corrected chi connectivity index (χ2v) is 6.18. The van der Waals surface area contributed by atoms with Gasteiger partial charge in [-0.15, -0.1) is 0 Å². The van der Waals surface area contributed by atoms with Crippen molar-refractivity contribution in [1.82, 2.24) is 10.2 Å². The number of nitrogens with one attached hydrogen (secondary N) is 1. The molecule has 0 bridgehead atoms. The van der Waals surface area contributed by atoms with Crippen molar-refractivity contribution in [2.24, 2.45) is 5.92 Å². The number of rotatable bonds is 5. The van der Waals surface area contributed by atoms with Gasteiger partial charge in [-0.2, -0.15) is 0 Å². The maximum Gasteiger partial charge on any atom is 0.326 e. The molecule has 5 nitrogen and oxygen atoms in total. The third-order valence-electron chi connectivity index (χ3n) is 5.02. The zero-order chi connectivity index (χ0) is 14.6. The highest BCUT2D eigenvalue weighted by Gasteiger charge is 2.44. The fourth-order valence-corrected chi connectivity index (χ4v) is 3.83. The second kappa shape index (κ2) is 6.87. The summed E-state index contributed by atoms with van der Waals surface area (Å²) in [6.07, 6.45) is 5.19. The lowest BCUT2D eigenvalue weighted by molar-refractivity contribution is -0.151. The number of hydrogen-bond acceptors (Lipinski definition) is 5. The van der Waals surface area contributed by atoms with Crippen molar-refractivity contribution in [2.75, 3.05) is 41.0 Å². The van der Waals surface area contributed by atoms with Crippen LogP contribution >= 0.6 is 0 Å². The number of esters is 1. The molecule has 0 amide bonds. The first kappa shape index (κ1) is 15.7. The summed E-state index contributed by atoms with van der Waals surface area (Å²) in [4.78, 5) is 14.7. The first-order valence-corrected chi connectivity index (χ1v) is 7.65. The number of ether oxygens (including phenoxy) is 2. The molecule has 0 aromatic heterocycles. The molecule has 1 aliphatic heterocycles. The van der Waals surface area contributed by atoms with E-state index in [0.29, 0.717) is 12.0 Å². The Hall–Kier alpha value is -0.650. The lowest BCUT2D eigenvalue weighted by atomic mass is 9.78. The average molecular weight is 284 g/mol. The molecule has 2 fully saturated rings. The minimum atomic E-state index is -0.489. The van der Waals surface area contributed by atoms with E-state index in [2.05, 4.69) is 10.2 Å². The molecule has 20 heavy (non-hydrogen) atoms. The number of likely N-dealkylation sites (tertiary alicyclic amines) is 1. The molecule has 116 valence electrons. The van der Waals surface area contributed by atoms with E-state index in [1.54, 1.807) is 7.11 Å². The Balaban J connectivity index is 1.98. The third-order valence-corrected chi connectivity index (χ3v) is 5.02. The molecule has 3 atom stereocenters. The van der Waals surface area contributed by atoms with E-state index in [1.165, 1.54) is 20.0 Å². The molecule has 1 saturated heterocycles. The van der Waals surface area contributed by atoms with Gasteiger partial charge in [-0.1, -0.05) is 0 Å². The third kappa shape index (κ3) is 3.15. The van der Waals surface area contributed by atoms with Crippen LogP contribution in [0, 0.1) is 5.92 Å². The van der Waals surface area contributed by atoms with Crippen LogP contribution in [0.25, 0.3) is 0 Å². The van der Waals surface area contributed by atoms with E-state index < -0.39 is 5.54 Å². The fraction of sp³-hybridized carbons (Fsp3) is 0.933. The Morgan fingerprint density at radius 2 is 2.20 bits per heavy atom. The Morgan fingerprint density at radius 3 is 2.85 bits per heavy atom. The molecule has 1 saturated carbocycles. The van der Waals surface area contributed by atoms with Gasteiger partial charge in [0, 0.05) is 19.7 Å². The quantitative estimate of drug-likeness (QED) is 0.764. The predicted octanol–water partition coefficient (Wildman–Crippen LogP) is 1.03. The Bertz CT molecular complexity index is 337. The van der Waals surface area contributed by atoms with Crippen LogP contribution in [0.5, 0.6) is 0 Å². The van der Waals surface area contributed by atoms with Gasteiger partial charge in [0.05, 0.1) is 13.7 Å². The lowest BCUT2D eigenvalue weighted by Gasteiger charge is -2.41. The summed E-state index contributed by atoms with van der Waals surface area (Å²) < 4.78 is 10.3. The van der Waals surface area contributed by atoms with Crippen LogP contribution in [0.4, 0.5) is 0 Å². The van der Waals surface area contributed by atoms with Crippen molar-refractivity contribution in [3.63, 3.8) is 0 Å². The van der Waals surface area contributed by atoms with E-state index in [-0.39, 0.29) is 5.97 Å². The molecular weight excluding hydrogens is 256 g/mol. The molecule has 1 N–H and O–H groups in total. The first-order chi connectivity index (χ1) is 9.65. The van der Waals surface area contributed by atoms with Crippen LogP contribution in [0.2, 0.25) is 0 Å². The zero-order valence-corrected chi connectivity index (χ0v) is 13.0. The van der Waals surface area contributed by atoms with Crippen LogP contribution in [-0.4, -0.2) is 63.4 Å². The molecule has 1 aliphatic carbocycles. The predicted molar refractivity (Wildman–Crippen MR) is 77.6 cm³/mol. The van der Waals surface area contributed by atoms with Crippen LogP contribution in [-0.2, 0) is 14.3 Å². The average Bonchev–Trinajstić information content (AvgIpc) is 2.95. The molecule has 2 aliphatic rings. The van der Waals surface area contributed by atoms with E-state index in [1.807, 2.05) is 7.05 Å². The maximum atomic E-state index is 12.1. The van der Waals surface area contributed by atoms with Crippen LogP contribution in [0.1, 0.15) is 32.1 Å². The fourth-order valence-electron chi connectivity index (χ4n) is 3.83. The van der Waals surface area contributed by atoms with Crippen LogP contribution in [0.3, 0.4) is 0 Å². The number of nitrogens with zero attached hydrogens (tertiary/aromatic N) is 1. The van der Waals surface area contributed by atoms with Gasteiger partial charge in [-0.3, -0.25) is 9.69 Å². The number of hydrogen-bond donors (Lipinski definition) is 1. The number of methoxy groups -OCH3 is 2. The van der Waals surface area contributed by atoms with Crippen molar-refractivity contribution in [2.45, 2.75) is 43.7 Å². The van der Waals surface area contributed by atoms with Gasteiger partial charge in [0.25, 0.3) is 0 Å². The summed E-state index contributed by atoms with van der Waals surface area (Å²) in [7, 11) is 5.12. The Morgan fingerprint density at radius 1 is 1.40 bits per heavy atom. The van der Waals surface area contributed by atoms with Gasteiger partial charge in [-0.25, -0.2) is 0 Å². The van der Waals surface area contributed by atoms with Crippen LogP contribution in [0.15, 0.2) is 0 Å². The molecule has 2 rings (SSSR count). The summed E-state index contributed by atoms with van der Waals surface area (Å²) in [5.74, 6) is 0.529.